The maximum Gasteiger partial charge on any atom is 0.121 e. The SMILES string of the molecule is C=CC1(OOC(C)(C)C)CCCC1. The molecule has 0 aromatic heterocycles. The van der Waals surface area contributed by atoms with Gasteiger partial charge in [-0.15, -0.1) is 6.58 Å². The Hall–Kier alpha value is -0.340. The van der Waals surface area contributed by atoms with Crippen LogP contribution in [0.3, 0.4) is 0 Å². The second-order valence-corrected chi connectivity index (χ2v) is 4.76. The Morgan fingerprint density at radius 1 is 1.23 bits per heavy atom. The first kappa shape index (κ1) is 10.7. The molecule has 1 saturated carbocycles. The highest BCUT2D eigenvalue weighted by molar-refractivity contribution is 5.00. The molecule has 0 heterocycles. The van der Waals surface area contributed by atoms with Gasteiger partial charge in [0.2, 0.25) is 0 Å². The van der Waals surface area contributed by atoms with Crippen molar-refractivity contribution in [3.8, 4) is 0 Å². The summed E-state index contributed by atoms with van der Waals surface area (Å²) in [6.45, 7) is 9.77. The third-order valence-corrected chi connectivity index (χ3v) is 2.28. The molecule has 2 heteroatoms. The van der Waals surface area contributed by atoms with Gasteiger partial charge in [0.05, 0.1) is 5.60 Å². The summed E-state index contributed by atoms with van der Waals surface area (Å²) in [7, 11) is 0. The molecule has 0 radical (unpaired) electrons. The lowest BCUT2D eigenvalue weighted by atomic mass is 10.0. The predicted molar refractivity (Wildman–Crippen MR) is 53.3 cm³/mol. The molecule has 0 unspecified atom stereocenters. The van der Waals surface area contributed by atoms with E-state index in [9.17, 15) is 0 Å². The van der Waals surface area contributed by atoms with Crippen LogP contribution in [-0.4, -0.2) is 11.2 Å². The van der Waals surface area contributed by atoms with Gasteiger partial charge in [-0.25, -0.2) is 9.78 Å². The standard InChI is InChI=1S/C11H20O2/c1-5-11(8-6-7-9-11)13-12-10(2,3)4/h5H,1,6-9H2,2-4H3. The molecule has 76 valence electrons. The molecule has 13 heavy (non-hydrogen) atoms. The second-order valence-electron chi connectivity index (χ2n) is 4.76. The second kappa shape index (κ2) is 3.81. The Bertz CT molecular complexity index is 173. The quantitative estimate of drug-likeness (QED) is 0.381. The van der Waals surface area contributed by atoms with E-state index in [1.807, 2.05) is 26.8 Å². The molecule has 0 aromatic rings. The minimum atomic E-state index is -0.237. The minimum absolute atomic E-state index is 0.215. The average molecular weight is 184 g/mol. The lowest BCUT2D eigenvalue weighted by Crippen LogP contribution is -2.31. The summed E-state index contributed by atoms with van der Waals surface area (Å²) in [5.41, 5.74) is -0.452. The van der Waals surface area contributed by atoms with Gasteiger partial charge in [-0.1, -0.05) is 18.9 Å². The van der Waals surface area contributed by atoms with Crippen LogP contribution in [0.1, 0.15) is 46.5 Å². The van der Waals surface area contributed by atoms with Crippen LogP contribution in [0.15, 0.2) is 12.7 Å². The van der Waals surface area contributed by atoms with Crippen molar-refractivity contribution in [3.05, 3.63) is 12.7 Å². The molecule has 1 rings (SSSR count). The number of hydrogen-bond donors (Lipinski definition) is 0. The zero-order valence-electron chi connectivity index (χ0n) is 8.93. The first-order valence-electron chi connectivity index (χ1n) is 4.98. The van der Waals surface area contributed by atoms with E-state index in [1.165, 1.54) is 12.8 Å². The molecular formula is C11H20O2. The van der Waals surface area contributed by atoms with E-state index < -0.39 is 0 Å². The Balaban J connectivity index is 2.45. The molecule has 0 aromatic carbocycles. The van der Waals surface area contributed by atoms with Crippen molar-refractivity contribution < 1.29 is 9.78 Å². The van der Waals surface area contributed by atoms with E-state index in [1.54, 1.807) is 0 Å². The third-order valence-electron chi connectivity index (χ3n) is 2.28. The molecular weight excluding hydrogens is 164 g/mol. The van der Waals surface area contributed by atoms with Crippen molar-refractivity contribution in [2.75, 3.05) is 0 Å². The highest BCUT2D eigenvalue weighted by Gasteiger charge is 2.34. The van der Waals surface area contributed by atoms with Gasteiger partial charge in [0, 0.05) is 0 Å². The van der Waals surface area contributed by atoms with Crippen LogP contribution in [-0.2, 0) is 9.78 Å². The van der Waals surface area contributed by atoms with E-state index in [0.717, 1.165) is 12.8 Å². The summed E-state index contributed by atoms with van der Waals surface area (Å²) in [5, 5.41) is 0. The van der Waals surface area contributed by atoms with E-state index in [4.69, 9.17) is 9.78 Å². The maximum atomic E-state index is 5.49. The van der Waals surface area contributed by atoms with Gasteiger partial charge in [0.15, 0.2) is 0 Å². The van der Waals surface area contributed by atoms with Crippen LogP contribution in [0.4, 0.5) is 0 Å². The van der Waals surface area contributed by atoms with Crippen LogP contribution in [0.5, 0.6) is 0 Å². The minimum Gasteiger partial charge on any atom is -0.230 e. The monoisotopic (exact) mass is 184 g/mol. The summed E-state index contributed by atoms with van der Waals surface area (Å²) < 4.78 is 0. The summed E-state index contributed by atoms with van der Waals surface area (Å²) in [6.07, 6.45) is 6.37. The smallest absolute Gasteiger partial charge is 0.121 e. The van der Waals surface area contributed by atoms with Crippen molar-refractivity contribution >= 4 is 0 Å². The van der Waals surface area contributed by atoms with Crippen LogP contribution < -0.4 is 0 Å². The van der Waals surface area contributed by atoms with Crippen LogP contribution in [0.25, 0.3) is 0 Å². The van der Waals surface area contributed by atoms with Gasteiger partial charge in [-0.2, -0.15) is 0 Å². The summed E-state index contributed by atoms with van der Waals surface area (Å²) in [5.74, 6) is 0. The summed E-state index contributed by atoms with van der Waals surface area (Å²) in [4.78, 5) is 10.8. The van der Waals surface area contributed by atoms with Gasteiger partial charge >= 0.3 is 0 Å². The van der Waals surface area contributed by atoms with Gasteiger partial charge in [-0.3, -0.25) is 0 Å². The van der Waals surface area contributed by atoms with Crippen LogP contribution in [0.2, 0.25) is 0 Å². The van der Waals surface area contributed by atoms with E-state index in [-0.39, 0.29) is 11.2 Å². The number of hydrogen-bond acceptors (Lipinski definition) is 2. The molecule has 0 aliphatic heterocycles. The normalized spacial score (nSPS) is 21.8. The van der Waals surface area contributed by atoms with Crippen LogP contribution >= 0.6 is 0 Å². The molecule has 0 atom stereocenters. The van der Waals surface area contributed by atoms with Crippen molar-refractivity contribution in [2.24, 2.45) is 0 Å². The van der Waals surface area contributed by atoms with E-state index in [2.05, 4.69) is 6.58 Å². The Morgan fingerprint density at radius 2 is 1.77 bits per heavy atom. The van der Waals surface area contributed by atoms with Crippen LogP contribution in [0, 0.1) is 0 Å². The van der Waals surface area contributed by atoms with Crippen molar-refractivity contribution in [3.63, 3.8) is 0 Å². The number of rotatable bonds is 3. The van der Waals surface area contributed by atoms with Gasteiger partial charge in [0.1, 0.15) is 5.60 Å². The summed E-state index contributed by atoms with van der Waals surface area (Å²) in [6, 6.07) is 0. The van der Waals surface area contributed by atoms with Crippen molar-refractivity contribution in [2.45, 2.75) is 57.7 Å². The average Bonchev–Trinajstić information content (AvgIpc) is 2.49. The highest BCUT2D eigenvalue weighted by Crippen LogP contribution is 2.35. The van der Waals surface area contributed by atoms with Crippen molar-refractivity contribution in [1.82, 2.24) is 0 Å². The fraction of sp³-hybridized carbons (Fsp3) is 0.818. The largest absolute Gasteiger partial charge is 0.230 e. The zero-order valence-corrected chi connectivity index (χ0v) is 8.93. The predicted octanol–water partition coefficient (Wildman–Crippen LogP) is 3.23. The van der Waals surface area contributed by atoms with Gasteiger partial charge < -0.3 is 0 Å². The summed E-state index contributed by atoms with van der Waals surface area (Å²) >= 11 is 0. The fourth-order valence-electron chi connectivity index (χ4n) is 1.50. The fourth-order valence-corrected chi connectivity index (χ4v) is 1.50. The lowest BCUT2D eigenvalue weighted by Gasteiger charge is -2.28. The molecule has 1 fully saturated rings. The first-order chi connectivity index (χ1) is 5.97. The Kier molecular flexibility index (Phi) is 3.14. The molecule has 0 amide bonds. The molecule has 0 bridgehead atoms. The molecule has 2 nitrogen and oxygen atoms in total. The molecule has 0 spiro atoms. The van der Waals surface area contributed by atoms with Crippen molar-refractivity contribution in [1.29, 1.82) is 0 Å². The van der Waals surface area contributed by atoms with Gasteiger partial charge in [-0.05, 0) is 33.6 Å². The van der Waals surface area contributed by atoms with E-state index in [0.29, 0.717) is 0 Å². The molecule has 1 aliphatic rings. The molecule has 0 saturated heterocycles. The zero-order chi connectivity index (χ0) is 9.95. The maximum absolute atomic E-state index is 5.49. The molecule has 1 aliphatic carbocycles. The lowest BCUT2D eigenvalue weighted by molar-refractivity contribution is -0.392. The van der Waals surface area contributed by atoms with Gasteiger partial charge in [0.25, 0.3) is 0 Å². The Labute approximate surface area is 80.8 Å². The Morgan fingerprint density at radius 3 is 2.15 bits per heavy atom. The third kappa shape index (κ3) is 3.12. The van der Waals surface area contributed by atoms with E-state index >= 15 is 0 Å². The highest BCUT2D eigenvalue weighted by atomic mass is 17.2. The first-order valence-corrected chi connectivity index (χ1v) is 4.98. The molecule has 0 N–H and O–H groups in total. The topological polar surface area (TPSA) is 18.5 Å².